The summed E-state index contributed by atoms with van der Waals surface area (Å²) in [6.07, 6.45) is 5.20. The maximum absolute atomic E-state index is 5.20. The Hall–Kier alpha value is -0.0800. The number of nitrogens with one attached hydrogen (secondary N) is 1. The molecule has 0 amide bonds. The number of hydrogen-bond acceptors (Lipinski definition) is 2. The quantitative estimate of drug-likeness (QED) is 0.656. The second-order valence-electron chi connectivity index (χ2n) is 4.28. The van der Waals surface area contributed by atoms with E-state index >= 15 is 0 Å². The third-order valence-electron chi connectivity index (χ3n) is 2.83. The Bertz CT molecular complexity index is 138. The first-order chi connectivity index (χ1) is 6.27. The summed E-state index contributed by atoms with van der Waals surface area (Å²) < 4.78 is 5.20. The Morgan fingerprint density at radius 3 is 2.69 bits per heavy atom. The molecule has 13 heavy (non-hydrogen) atoms. The molecule has 0 spiro atoms. The normalized spacial score (nSPS) is 28.8. The highest BCUT2D eigenvalue weighted by Gasteiger charge is 2.33. The van der Waals surface area contributed by atoms with E-state index in [2.05, 4.69) is 19.2 Å². The van der Waals surface area contributed by atoms with Crippen molar-refractivity contribution in [3.05, 3.63) is 0 Å². The zero-order valence-corrected chi connectivity index (χ0v) is 9.18. The molecule has 1 N–H and O–H groups in total. The van der Waals surface area contributed by atoms with Gasteiger partial charge >= 0.3 is 0 Å². The lowest BCUT2D eigenvalue weighted by molar-refractivity contribution is 0.160. The lowest BCUT2D eigenvalue weighted by Crippen LogP contribution is -2.35. The molecule has 2 heteroatoms. The van der Waals surface area contributed by atoms with Crippen LogP contribution in [0.25, 0.3) is 0 Å². The van der Waals surface area contributed by atoms with Crippen LogP contribution in [0.5, 0.6) is 0 Å². The molecule has 1 fully saturated rings. The van der Waals surface area contributed by atoms with Crippen molar-refractivity contribution in [2.45, 2.75) is 51.6 Å². The first kappa shape index (κ1) is 11.0. The van der Waals surface area contributed by atoms with Crippen LogP contribution in [-0.2, 0) is 4.74 Å². The molecule has 0 saturated heterocycles. The standard InChI is InChI=1S/C11H23NO/c1-4-5-6-10(8-13-3)12-11-7-9(11)2/h9-12H,4-8H2,1-3H3. The van der Waals surface area contributed by atoms with Crippen molar-refractivity contribution in [1.29, 1.82) is 0 Å². The summed E-state index contributed by atoms with van der Waals surface area (Å²) in [4.78, 5) is 0. The fourth-order valence-electron chi connectivity index (χ4n) is 1.72. The minimum Gasteiger partial charge on any atom is -0.383 e. The van der Waals surface area contributed by atoms with Crippen molar-refractivity contribution >= 4 is 0 Å². The van der Waals surface area contributed by atoms with Crippen LogP contribution in [0.3, 0.4) is 0 Å². The van der Waals surface area contributed by atoms with Crippen molar-refractivity contribution in [2.24, 2.45) is 5.92 Å². The molecule has 0 aromatic heterocycles. The summed E-state index contributed by atoms with van der Waals surface area (Å²) in [5.41, 5.74) is 0. The van der Waals surface area contributed by atoms with E-state index < -0.39 is 0 Å². The van der Waals surface area contributed by atoms with Gasteiger partial charge in [-0.2, -0.15) is 0 Å². The van der Waals surface area contributed by atoms with Gasteiger partial charge in [0.2, 0.25) is 0 Å². The first-order valence-corrected chi connectivity index (χ1v) is 5.53. The molecule has 0 radical (unpaired) electrons. The topological polar surface area (TPSA) is 21.3 Å². The van der Waals surface area contributed by atoms with Crippen molar-refractivity contribution in [3.63, 3.8) is 0 Å². The molecule has 0 bridgehead atoms. The Labute approximate surface area is 82.0 Å². The van der Waals surface area contributed by atoms with E-state index in [1.54, 1.807) is 7.11 Å². The average Bonchev–Trinajstić information content (AvgIpc) is 2.78. The van der Waals surface area contributed by atoms with Crippen LogP contribution in [-0.4, -0.2) is 25.8 Å². The minimum atomic E-state index is 0.583. The summed E-state index contributed by atoms with van der Waals surface area (Å²) in [7, 11) is 1.79. The van der Waals surface area contributed by atoms with E-state index in [4.69, 9.17) is 4.74 Å². The zero-order chi connectivity index (χ0) is 9.68. The Kier molecular flexibility index (Phi) is 4.74. The van der Waals surface area contributed by atoms with E-state index in [0.717, 1.165) is 18.6 Å². The lowest BCUT2D eigenvalue weighted by Gasteiger charge is -2.17. The van der Waals surface area contributed by atoms with Crippen molar-refractivity contribution in [1.82, 2.24) is 5.32 Å². The van der Waals surface area contributed by atoms with Gasteiger partial charge in [-0.3, -0.25) is 0 Å². The third kappa shape index (κ3) is 4.10. The van der Waals surface area contributed by atoms with Gasteiger partial charge in [0.25, 0.3) is 0 Å². The van der Waals surface area contributed by atoms with E-state index in [0.29, 0.717) is 6.04 Å². The van der Waals surface area contributed by atoms with Gasteiger partial charge in [0.05, 0.1) is 6.61 Å². The monoisotopic (exact) mass is 185 g/mol. The van der Waals surface area contributed by atoms with Crippen LogP contribution in [0.1, 0.15) is 39.5 Å². The van der Waals surface area contributed by atoms with Gasteiger partial charge in [-0.15, -0.1) is 0 Å². The lowest BCUT2D eigenvalue weighted by atomic mass is 10.1. The van der Waals surface area contributed by atoms with Gasteiger partial charge in [-0.05, 0) is 18.8 Å². The Balaban J connectivity index is 2.13. The minimum absolute atomic E-state index is 0.583. The maximum Gasteiger partial charge on any atom is 0.0615 e. The Morgan fingerprint density at radius 1 is 1.54 bits per heavy atom. The highest BCUT2D eigenvalue weighted by molar-refractivity contribution is 4.91. The van der Waals surface area contributed by atoms with Crippen LogP contribution < -0.4 is 5.32 Å². The third-order valence-corrected chi connectivity index (χ3v) is 2.83. The van der Waals surface area contributed by atoms with Crippen molar-refractivity contribution < 1.29 is 4.74 Å². The fourth-order valence-corrected chi connectivity index (χ4v) is 1.72. The van der Waals surface area contributed by atoms with Gasteiger partial charge < -0.3 is 10.1 Å². The number of unbranched alkanes of at least 4 members (excludes halogenated alkanes) is 1. The van der Waals surface area contributed by atoms with Crippen LogP contribution in [0, 0.1) is 5.92 Å². The molecule has 0 aromatic rings. The largest absolute Gasteiger partial charge is 0.383 e. The van der Waals surface area contributed by atoms with Crippen molar-refractivity contribution in [3.8, 4) is 0 Å². The summed E-state index contributed by atoms with van der Waals surface area (Å²) in [6.45, 7) is 5.41. The summed E-state index contributed by atoms with van der Waals surface area (Å²) >= 11 is 0. The number of ether oxygens (including phenoxy) is 1. The van der Waals surface area contributed by atoms with E-state index in [1.165, 1.54) is 25.7 Å². The van der Waals surface area contributed by atoms with Crippen LogP contribution in [0.4, 0.5) is 0 Å². The molecule has 2 nitrogen and oxygen atoms in total. The van der Waals surface area contributed by atoms with Crippen molar-refractivity contribution in [2.75, 3.05) is 13.7 Å². The predicted molar refractivity (Wildman–Crippen MR) is 55.9 cm³/mol. The molecule has 78 valence electrons. The number of rotatable bonds is 7. The average molecular weight is 185 g/mol. The van der Waals surface area contributed by atoms with Crippen LogP contribution >= 0.6 is 0 Å². The van der Waals surface area contributed by atoms with Gasteiger partial charge in [0, 0.05) is 19.2 Å². The van der Waals surface area contributed by atoms with Gasteiger partial charge in [-0.25, -0.2) is 0 Å². The van der Waals surface area contributed by atoms with E-state index in [1.807, 2.05) is 0 Å². The van der Waals surface area contributed by atoms with Gasteiger partial charge in [0.15, 0.2) is 0 Å². The highest BCUT2D eigenvalue weighted by atomic mass is 16.5. The maximum atomic E-state index is 5.20. The molecule has 3 atom stereocenters. The molecule has 0 aliphatic heterocycles. The first-order valence-electron chi connectivity index (χ1n) is 5.53. The molecular weight excluding hydrogens is 162 g/mol. The molecule has 0 aromatic carbocycles. The van der Waals surface area contributed by atoms with E-state index in [-0.39, 0.29) is 0 Å². The fraction of sp³-hybridized carbons (Fsp3) is 1.00. The second-order valence-corrected chi connectivity index (χ2v) is 4.28. The number of methoxy groups -OCH3 is 1. The molecule has 3 unspecified atom stereocenters. The van der Waals surface area contributed by atoms with Gasteiger partial charge in [-0.1, -0.05) is 26.7 Å². The van der Waals surface area contributed by atoms with Crippen LogP contribution in [0.15, 0.2) is 0 Å². The SMILES string of the molecule is CCCCC(COC)NC1CC1C. The Morgan fingerprint density at radius 2 is 2.23 bits per heavy atom. The highest BCUT2D eigenvalue weighted by Crippen LogP contribution is 2.29. The molecule has 1 aliphatic rings. The molecule has 1 aliphatic carbocycles. The summed E-state index contributed by atoms with van der Waals surface area (Å²) in [5, 5.41) is 3.65. The van der Waals surface area contributed by atoms with Crippen LogP contribution in [0.2, 0.25) is 0 Å². The predicted octanol–water partition coefficient (Wildman–Crippen LogP) is 2.19. The number of hydrogen-bond donors (Lipinski definition) is 1. The molecule has 1 rings (SSSR count). The second kappa shape index (κ2) is 5.61. The summed E-state index contributed by atoms with van der Waals surface area (Å²) in [5.74, 6) is 0.890. The molecule has 1 saturated carbocycles. The zero-order valence-electron chi connectivity index (χ0n) is 9.18. The van der Waals surface area contributed by atoms with E-state index in [9.17, 15) is 0 Å². The summed E-state index contributed by atoms with van der Waals surface area (Å²) in [6, 6.07) is 1.36. The molecule has 0 heterocycles. The molecular formula is C11H23NO. The smallest absolute Gasteiger partial charge is 0.0615 e. The van der Waals surface area contributed by atoms with Gasteiger partial charge in [0.1, 0.15) is 0 Å².